The van der Waals surface area contributed by atoms with Crippen LogP contribution in [-0.2, 0) is 9.47 Å². The Bertz CT molecular complexity index is 315. The standard InChI is InChI=1S/C9H12N2O3/c1-13-5-6-14-9(12)8-7(10)3-2-4-11-8/h2-4H,5-6,10H2,1H3. The van der Waals surface area contributed by atoms with E-state index < -0.39 is 5.97 Å². The van der Waals surface area contributed by atoms with Crippen LogP contribution in [0.4, 0.5) is 5.69 Å². The molecule has 2 N–H and O–H groups in total. The molecule has 0 fully saturated rings. The zero-order valence-electron chi connectivity index (χ0n) is 7.90. The van der Waals surface area contributed by atoms with Gasteiger partial charge in [-0.25, -0.2) is 9.78 Å². The Morgan fingerprint density at radius 1 is 1.57 bits per heavy atom. The molecule has 0 radical (unpaired) electrons. The zero-order chi connectivity index (χ0) is 10.4. The Morgan fingerprint density at radius 2 is 2.36 bits per heavy atom. The molecule has 0 aliphatic carbocycles. The van der Waals surface area contributed by atoms with Gasteiger partial charge in [-0.1, -0.05) is 0 Å². The number of anilines is 1. The summed E-state index contributed by atoms with van der Waals surface area (Å²) in [6, 6.07) is 3.25. The van der Waals surface area contributed by atoms with Gasteiger partial charge in [-0.3, -0.25) is 0 Å². The molecule has 0 saturated heterocycles. The Morgan fingerprint density at radius 3 is 3.00 bits per heavy atom. The third kappa shape index (κ3) is 2.70. The summed E-state index contributed by atoms with van der Waals surface area (Å²) < 4.78 is 9.57. The molecule has 0 unspecified atom stereocenters. The van der Waals surface area contributed by atoms with Gasteiger partial charge in [-0.2, -0.15) is 0 Å². The first-order valence-electron chi connectivity index (χ1n) is 4.12. The molecule has 0 aromatic carbocycles. The van der Waals surface area contributed by atoms with E-state index in [1.54, 1.807) is 12.1 Å². The van der Waals surface area contributed by atoms with Gasteiger partial charge in [0.15, 0.2) is 5.69 Å². The van der Waals surface area contributed by atoms with Gasteiger partial charge in [0.25, 0.3) is 0 Å². The second kappa shape index (κ2) is 5.18. The average molecular weight is 196 g/mol. The average Bonchev–Trinajstić information content (AvgIpc) is 2.18. The van der Waals surface area contributed by atoms with Crippen molar-refractivity contribution in [2.75, 3.05) is 26.1 Å². The SMILES string of the molecule is COCCOC(=O)c1ncccc1N. The van der Waals surface area contributed by atoms with E-state index in [1.807, 2.05) is 0 Å². The predicted molar refractivity (Wildman–Crippen MR) is 50.8 cm³/mol. The molecule has 0 aliphatic heterocycles. The summed E-state index contributed by atoms with van der Waals surface area (Å²) in [5.74, 6) is -0.528. The molecule has 0 spiro atoms. The summed E-state index contributed by atoms with van der Waals surface area (Å²) >= 11 is 0. The Kier molecular flexibility index (Phi) is 3.87. The largest absolute Gasteiger partial charge is 0.458 e. The number of hydrogen-bond acceptors (Lipinski definition) is 5. The second-order valence-corrected chi connectivity index (χ2v) is 2.57. The Labute approximate surface area is 81.8 Å². The first-order chi connectivity index (χ1) is 6.75. The molecule has 0 atom stereocenters. The summed E-state index contributed by atoms with van der Waals surface area (Å²) in [6.45, 7) is 0.559. The molecule has 1 rings (SSSR count). The fourth-order valence-electron chi connectivity index (χ4n) is 0.874. The lowest BCUT2D eigenvalue weighted by Crippen LogP contribution is -2.13. The van der Waals surface area contributed by atoms with Gasteiger partial charge in [0.1, 0.15) is 6.61 Å². The minimum absolute atomic E-state index is 0.142. The molecule has 0 amide bonds. The molecule has 0 saturated carbocycles. The van der Waals surface area contributed by atoms with Crippen molar-refractivity contribution < 1.29 is 14.3 Å². The quantitative estimate of drug-likeness (QED) is 0.559. The van der Waals surface area contributed by atoms with Crippen molar-refractivity contribution in [3.8, 4) is 0 Å². The number of nitrogens with two attached hydrogens (primary N) is 1. The van der Waals surface area contributed by atoms with Crippen molar-refractivity contribution in [3.05, 3.63) is 24.0 Å². The van der Waals surface area contributed by atoms with Gasteiger partial charge in [0.2, 0.25) is 0 Å². The highest BCUT2D eigenvalue weighted by Crippen LogP contribution is 2.07. The van der Waals surface area contributed by atoms with E-state index in [4.69, 9.17) is 15.2 Å². The summed E-state index contributed by atoms with van der Waals surface area (Å²) in [5, 5.41) is 0. The Hall–Kier alpha value is -1.62. The molecule has 5 heteroatoms. The highest BCUT2D eigenvalue weighted by Gasteiger charge is 2.11. The van der Waals surface area contributed by atoms with E-state index in [9.17, 15) is 4.79 Å². The maximum Gasteiger partial charge on any atom is 0.359 e. The van der Waals surface area contributed by atoms with Crippen molar-refractivity contribution in [2.24, 2.45) is 0 Å². The molecule has 1 aromatic rings. The predicted octanol–water partition coefficient (Wildman–Crippen LogP) is 0.467. The lowest BCUT2D eigenvalue weighted by molar-refractivity contribution is 0.0383. The van der Waals surface area contributed by atoms with Crippen LogP contribution in [0, 0.1) is 0 Å². The summed E-state index contributed by atoms with van der Waals surface area (Å²) in [7, 11) is 1.53. The number of nitrogens with zero attached hydrogens (tertiary/aromatic N) is 1. The molecular formula is C9H12N2O3. The van der Waals surface area contributed by atoms with Crippen LogP contribution < -0.4 is 5.73 Å². The third-order valence-corrected chi connectivity index (χ3v) is 1.55. The fourth-order valence-corrected chi connectivity index (χ4v) is 0.874. The van der Waals surface area contributed by atoms with E-state index in [0.717, 1.165) is 0 Å². The highest BCUT2D eigenvalue weighted by molar-refractivity contribution is 5.92. The molecule has 76 valence electrons. The first-order valence-corrected chi connectivity index (χ1v) is 4.12. The molecule has 1 heterocycles. The number of nitrogen functional groups attached to an aromatic ring is 1. The van der Waals surface area contributed by atoms with Gasteiger partial charge in [-0.15, -0.1) is 0 Å². The monoisotopic (exact) mass is 196 g/mol. The van der Waals surface area contributed by atoms with Crippen LogP contribution >= 0.6 is 0 Å². The fraction of sp³-hybridized carbons (Fsp3) is 0.333. The van der Waals surface area contributed by atoms with Crippen molar-refractivity contribution >= 4 is 11.7 Å². The minimum Gasteiger partial charge on any atom is -0.458 e. The molecule has 0 bridgehead atoms. The number of carbonyl (C=O) groups is 1. The molecule has 0 aliphatic rings. The van der Waals surface area contributed by atoms with Gasteiger partial charge in [0, 0.05) is 13.3 Å². The second-order valence-electron chi connectivity index (χ2n) is 2.57. The van der Waals surface area contributed by atoms with Crippen LogP contribution in [0.1, 0.15) is 10.5 Å². The highest BCUT2D eigenvalue weighted by atomic mass is 16.6. The van der Waals surface area contributed by atoms with Crippen molar-refractivity contribution in [1.29, 1.82) is 0 Å². The maximum atomic E-state index is 11.3. The van der Waals surface area contributed by atoms with Crippen LogP contribution in [0.25, 0.3) is 0 Å². The van der Waals surface area contributed by atoms with E-state index in [1.165, 1.54) is 13.3 Å². The van der Waals surface area contributed by atoms with Crippen LogP contribution in [0.2, 0.25) is 0 Å². The third-order valence-electron chi connectivity index (χ3n) is 1.55. The molecule has 14 heavy (non-hydrogen) atoms. The zero-order valence-corrected chi connectivity index (χ0v) is 7.90. The van der Waals surface area contributed by atoms with E-state index in [-0.39, 0.29) is 12.3 Å². The number of rotatable bonds is 4. The number of hydrogen-bond donors (Lipinski definition) is 1. The number of carbonyl (C=O) groups excluding carboxylic acids is 1. The topological polar surface area (TPSA) is 74.4 Å². The van der Waals surface area contributed by atoms with Crippen molar-refractivity contribution in [2.45, 2.75) is 0 Å². The number of pyridine rings is 1. The number of ether oxygens (including phenoxy) is 2. The van der Waals surface area contributed by atoms with Crippen molar-refractivity contribution in [3.63, 3.8) is 0 Å². The van der Waals surface area contributed by atoms with Crippen molar-refractivity contribution in [1.82, 2.24) is 4.98 Å². The van der Waals surface area contributed by atoms with Gasteiger partial charge in [0.05, 0.1) is 12.3 Å². The van der Waals surface area contributed by atoms with Gasteiger partial charge >= 0.3 is 5.97 Å². The summed E-state index contributed by atoms with van der Waals surface area (Å²) in [4.78, 5) is 15.1. The van der Waals surface area contributed by atoms with E-state index >= 15 is 0 Å². The smallest absolute Gasteiger partial charge is 0.359 e. The molecular weight excluding hydrogens is 184 g/mol. The van der Waals surface area contributed by atoms with Crippen LogP contribution in [-0.4, -0.2) is 31.3 Å². The van der Waals surface area contributed by atoms with Crippen LogP contribution in [0.15, 0.2) is 18.3 Å². The summed E-state index contributed by atoms with van der Waals surface area (Å²) in [5.41, 5.74) is 5.99. The van der Waals surface area contributed by atoms with Gasteiger partial charge in [-0.05, 0) is 12.1 Å². The molecule has 5 nitrogen and oxygen atoms in total. The lowest BCUT2D eigenvalue weighted by atomic mass is 10.3. The normalized spacial score (nSPS) is 9.79. The number of esters is 1. The minimum atomic E-state index is -0.528. The number of methoxy groups -OCH3 is 1. The molecule has 1 aromatic heterocycles. The van der Waals surface area contributed by atoms with Gasteiger partial charge < -0.3 is 15.2 Å². The van der Waals surface area contributed by atoms with E-state index in [2.05, 4.69) is 4.98 Å². The maximum absolute atomic E-state index is 11.3. The summed E-state index contributed by atoms with van der Waals surface area (Å²) in [6.07, 6.45) is 1.49. The van der Waals surface area contributed by atoms with Crippen LogP contribution in [0.5, 0.6) is 0 Å². The van der Waals surface area contributed by atoms with Crippen LogP contribution in [0.3, 0.4) is 0 Å². The Balaban J connectivity index is 2.56. The first kappa shape index (κ1) is 10.5. The lowest BCUT2D eigenvalue weighted by Gasteiger charge is -2.04. The van der Waals surface area contributed by atoms with E-state index in [0.29, 0.717) is 12.3 Å². The number of aromatic nitrogens is 1.